The molecule has 0 amide bonds. The predicted octanol–water partition coefficient (Wildman–Crippen LogP) is 34.5. The van der Waals surface area contributed by atoms with Gasteiger partial charge in [-0.05, 0) is 161 Å². The van der Waals surface area contributed by atoms with Crippen LogP contribution in [-0.4, -0.2) is 95.9 Å². The Bertz CT molecular complexity index is 3200. The molecule has 0 aliphatic carbocycles. The quantitative estimate of drug-likeness (QED) is 0.0146. The molecule has 0 fully saturated rings. The van der Waals surface area contributed by atoms with Crippen molar-refractivity contribution in [1.29, 1.82) is 0 Å². The lowest BCUT2D eigenvalue weighted by molar-refractivity contribution is -0.161. The van der Waals surface area contributed by atoms with Gasteiger partial charge in [0.05, 0.1) is 26.4 Å². The van der Waals surface area contributed by atoms with Crippen molar-refractivity contribution in [2.45, 2.75) is 476 Å². The number of aliphatic hydroxyl groups is 2. The second-order valence-corrected chi connectivity index (χ2v) is 38.5. The third kappa shape index (κ3) is 107. The first kappa shape index (κ1) is 127. The Hall–Kier alpha value is -5.61. The average Bonchev–Trinajstić information content (AvgIpc) is 0.896. The lowest BCUT2D eigenvalue weighted by atomic mass is 10.0. The minimum absolute atomic E-state index is 0.100. The number of aliphatic hydroxyl groups excluding tert-OH is 2. The van der Waals surface area contributed by atoms with Crippen molar-refractivity contribution in [1.82, 2.24) is 0 Å². The molecule has 0 aromatic heterocycles. The van der Waals surface area contributed by atoms with Gasteiger partial charge in [0, 0.05) is 19.3 Å². The second kappa shape index (κ2) is 105. The molecule has 5 atom stereocenters. The zero-order valence-corrected chi connectivity index (χ0v) is 86.4. The molecule has 5 unspecified atom stereocenters. The molecule has 4 N–H and O–H groups in total. The lowest BCUT2D eigenvalue weighted by Crippen LogP contribution is -2.30. The Labute approximate surface area is 814 Å². The molecule has 0 saturated heterocycles. The Morgan fingerprint density at radius 1 is 0.211 bits per heavy atom. The van der Waals surface area contributed by atoms with Gasteiger partial charge in [0.1, 0.15) is 25.4 Å². The maximum atomic E-state index is 13.2. The summed E-state index contributed by atoms with van der Waals surface area (Å²) >= 11 is 0. The van der Waals surface area contributed by atoms with Gasteiger partial charge in [0.15, 0.2) is 6.10 Å². The van der Waals surface area contributed by atoms with Crippen molar-refractivity contribution >= 4 is 33.6 Å². The molecule has 0 radical (unpaired) electrons. The van der Waals surface area contributed by atoms with E-state index in [4.69, 9.17) is 32.3 Å². The second-order valence-electron chi connectivity index (χ2n) is 35.6. The third-order valence-electron chi connectivity index (χ3n) is 22.8. The molecule has 0 spiro atoms. The Morgan fingerprint density at radius 3 is 0.594 bits per heavy atom. The summed E-state index contributed by atoms with van der Waals surface area (Å²) in [6.07, 6.45) is 142. The first-order valence-corrected chi connectivity index (χ1v) is 56.7. The van der Waals surface area contributed by atoms with Crippen LogP contribution in [0.5, 0.6) is 0 Å². The molecule has 18 heteroatoms. The van der Waals surface area contributed by atoms with Crippen LogP contribution in [0.25, 0.3) is 0 Å². The Morgan fingerprint density at radius 2 is 0.376 bits per heavy atom. The number of unbranched alkanes of at least 4 members (excludes halogenated alkanes) is 46. The van der Waals surface area contributed by atoms with Gasteiger partial charge in [-0.3, -0.25) is 32.5 Å². The molecule has 0 heterocycles. The van der Waals surface area contributed by atoms with E-state index in [1.54, 1.807) is 0 Å². The summed E-state index contributed by atoms with van der Waals surface area (Å²) in [5.41, 5.74) is 0. The first-order chi connectivity index (χ1) is 65.2. The Balaban J connectivity index is 4.59. The maximum absolute atomic E-state index is 13.2. The van der Waals surface area contributed by atoms with E-state index in [2.05, 4.69) is 215 Å². The molecule has 0 rings (SSSR count). The van der Waals surface area contributed by atoms with Gasteiger partial charge in [-0.25, -0.2) is 9.13 Å². The number of allylic oxidation sites excluding steroid dienone is 32. The van der Waals surface area contributed by atoms with E-state index < -0.39 is 91.5 Å². The lowest BCUT2D eigenvalue weighted by Gasteiger charge is -2.21. The fraction of sp³-hybridized carbons (Fsp3) is 0.696. The highest BCUT2D eigenvalue weighted by atomic mass is 31.2. The molecule has 0 aromatic rings. The minimum atomic E-state index is -4.95. The smallest absolute Gasteiger partial charge is 0.463 e. The monoisotopic (exact) mass is 1900 g/mol. The van der Waals surface area contributed by atoms with E-state index in [0.717, 1.165) is 173 Å². The SMILES string of the molecule is CC/C=C\C/C=C\C/C=C\C/C=C\C/C=C\C/C=C\CCCCCCCCCCCCCCCCCCC(=O)OCC(O)COP(=O)(O)OCC(O)COP(=O)(O)OCC(COC(=O)CCCCCCCCCCCCCCCCCCC/C=C\C/C=C\C/C=C\C/C=C\C/C=C\CC)OC(=O)CCCCCCCCCCCCCCC/C=C\C/C=C\C/C=C\C/C=C\C/C=C\CC. The molecular weight excluding hydrogens is 1700 g/mol. The number of phosphoric ester groups is 2. The highest BCUT2D eigenvalue weighted by Crippen LogP contribution is 2.45. The molecule has 133 heavy (non-hydrogen) atoms. The number of hydrogen-bond donors (Lipinski definition) is 4. The van der Waals surface area contributed by atoms with Crippen LogP contribution in [-0.2, 0) is 55.8 Å². The summed E-state index contributed by atoms with van der Waals surface area (Å²) in [5, 5.41) is 20.8. The number of carbonyl (C=O) groups is 3. The standard InChI is InChI=1S/C115H196O16P2/c1-4-7-10-13-16-19-22-25-28-31-34-37-40-43-46-49-51-53-54-56-58-60-62-65-68-71-74-77-80-83-86-89-92-95-98-101-113(118)125-104-110(116)105-127-132(121,122)128-106-111(117)107-129-133(123,124)130-109-112(131-115(120)103-100-97-94-91-88-85-82-79-76-73-70-67-64-59-48-45-42-39-36-33-30-27-24-21-18-15-12-9-6-3)108-126-114(119)102-99-96-93-90-87-84-81-78-75-72-69-66-63-61-57-55-52-50-47-44-41-38-35-32-29-26-23-20-17-14-11-8-5-2/h7-12,16-21,25-30,34-39,43-48,51,53,110-112,116-117H,4-6,13-15,22-24,31-33,40-42,49-50,52,54-109H2,1-3H3,(H,121,122)(H,123,124)/b10-7-,11-8-,12-9-,19-16-,20-17-,21-18-,28-25-,29-26-,30-27-,37-34-,38-35-,39-36-,46-43-,47-44-,48-45-,53-51-. The van der Waals surface area contributed by atoms with E-state index in [1.807, 2.05) is 0 Å². The first-order valence-electron chi connectivity index (χ1n) is 53.7. The maximum Gasteiger partial charge on any atom is 0.472 e. The fourth-order valence-corrected chi connectivity index (χ4v) is 16.4. The molecule has 762 valence electrons. The normalized spacial score (nSPS) is 14.4. The fourth-order valence-electron chi connectivity index (χ4n) is 14.8. The summed E-state index contributed by atoms with van der Waals surface area (Å²) in [7, 11) is -9.82. The van der Waals surface area contributed by atoms with Crippen molar-refractivity contribution < 1.29 is 75.8 Å². The number of carbonyl (C=O) groups excluding carboxylic acids is 3. The summed E-state index contributed by atoms with van der Waals surface area (Å²) in [4.78, 5) is 59.3. The van der Waals surface area contributed by atoms with Gasteiger partial charge < -0.3 is 34.2 Å². The van der Waals surface area contributed by atoms with Crippen LogP contribution < -0.4 is 0 Å². The van der Waals surface area contributed by atoms with Gasteiger partial charge in [0.2, 0.25) is 0 Å². The van der Waals surface area contributed by atoms with Crippen molar-refractivity contribution in [2.24, 2.45) is 0 Å². The van der Waals surface area contributed by atoms with Crippen LogP contribution >= 0.6 is 15.6 Å². The average molecular weight is 1900 g/mol. The van der Waals surface area contributed by atoms with Crippen LogP contribution in [0.2, 0.25) is 0 Å². The van der Waals surface area contributed by atoms with E-state index >= 15 is 0 Å². The summed E-state index contributed by atoms with van der Waals surface area (Å²) < 4.78 is 61.8. The predicted molar refractivity (Wildman–Crippen MR) is 564 cm³/mol. The van der Waals surface area contributed by atoms with Gasteiger partial charge in [-0.1, -0.05) is 472 Å². The van der Waals surface area contributed by atoms with E-state index in [9.17, 15) is 43.5 Å². The highest BCUT2D eigenvalue weighted by molar-refractivity contribution is 7.47. The summed E-state index contributed by atoms with van der Waals surface area (Å²) in [6.45, 7) is 2.42. The molecule has 0 aliphatic heterocycles. The largest absolute Gasteiger partial charge is 0.472 e. The van der Waals surface area contributed by atoms with Crippen LogP contribution in [0.15, 0.2) is 194 Å². The van der Waals surface area contributed by atoms with Crippen LogP contribution in [0.4, 0.5) is 0 Å². The number of phosphoric acid groups is 2. The van der Waals surface area contributed by atoms with Gasteiger partial charge in [-0.15, -0.1) is 0 Å². The Kier molecular flexibility index (Phi) is 101. The van der Waals surface area contributed by atoms with Crippen molar-refractivity contribution in [2.75, 3.05) is 39.6 Å². The van der Waals surface area contributed by atoms with Crippen LogP contribution in [0, 0.1) is 0 Å². The van der Waals surface area contributed by atoms with Crippen molar-refractivity contribution in [3.8, 4) is 0 Å². The number of ether oxygens (including phenoxy) is 3. The minimum Gasteiger partial charge on any atom is -0.463 e. The van der Waals surface area contributed by atoms with Gasteiger partial charge in [0.25, 0.3) is 0 Å². The zero-order chi connectivity index (χ0) is 96.4. The molecule has 0 saturated carbocycles. The summed E-state index contributed by atoms with van der Waals surface area (Å²) in [6, 6.07) is 0. The van der Waals surface area contributed by atoms with E-state index in [-0.39, 0.29) is 19.3 Å². The molecule has 0 aliphatic rings. The molecule has 0 aromatic carbocycles. The topological polar surface area (TPSA) is 231 Å². The van der Waals surface area contributed by atoms with Crippen LogP contribution in [0.3, 0.4) is 0 Å². The summed E-state index contributed by atoms with van der Waals surface area (Å²) in [5.74, 6) is -1.56. The molecule has 0 bridgehead atoms. The third-order valence-corrected chi connectivity index (χ3v) is 24.7. The number of esters is 3. The van der Waals surface area contributed by atoms with Gasteiger partial charge >= 0.3 is 33.6 Å². The highest BCUT2D eigenvalue weighted by Gasteiger charge is 2.30. The van der Waals surface area contributed by atoms with Crippen molar-refractivity contribution in [3.05, 3.63) is 194 Å². The number of rotatable bonds is 101. The number of hydrogen-bond acceptors (Lipinski definition) is 14. The molecule has 16 nitrogen and oxygen atoms in total. The van der Waals surface area contributed by atoms with E-state index in [1.165, 1.54) is 225 Å². The van der Waals surface area contributed by atoms with E-state index in [0.29, 0.717) is 19.3 Å². The van der Waals surface area contributed by atoms with Gasteiger partial charge in [-0.2, -0.15) is 0 Å². The molecular formula is C115H196O16P2. The zero-order valence-electron chi connectivity index (χ0n) is 84.6. The van der Waals surface area contributed by atoms with Crippen LogP contribution in [0.1, 0.15) is 457 Å². The van der Waals surface area contributed by atoms with Crippen molar-refractivity contribution in [3.63, 3.8) is 0 Å².